The van der Waals surface area contributed by atoms with E-state index in [1.165, 1.54) is 11.1 Å². The molecule has 0 amide bonds. The zero-order chi connectivity index (χ0) is 10.6. The molecule has 2 nitrogen and oxygen atoms in total. The molecular formula is C12H16O2. The molecule has 76 valence electrons. The number of carbonyl (C=O) groups is 1. The van der Waals surface area contributed by atoms with Crippen molar-refractivity contribution in [2.45, 2.75) is 26.7 Å². The summed E-state index contributed by atoms with van der Waals surface area (Å²) in [4.78, 5) is 10.2. The molecule has 0 aromatic carbocycles. The van der Waals surface area contributed by atoms with Crippen molar-refractivity contribution in [3.63, 3.8) is 0 Å². The summed E-state index contributed by atoms with van der Waals surface area (Å²) in [6, 6.07) is 8.48. The van der Waals surface area contributed by atoms with Crippen LogP contribution in [0, 0.1) is 5.92 Å². The number of fused-ring (bicyclic) bond motifs is 1. The Morgan fingerprint density at radius 1 is 1.14 bits per heavy atom. The molecule has 2 rings (SSSR count). The van der Waals surface area contributed by atoms with E-state index in [1.807, 2.05) is 13.8 Å². The Balaban J connectivity index is 0.000000143. The first-order valence-corrected chi connectivity index (χ1v) is 5.02. The molecule has 14 heavy (non-hydrogen) atoms. The van der Waals surface area contributed by atoms with Crippen LogP contribution < -0.4 is 0 Å². The van der Waals surface area contributed by atoms with Gasteiger partial charge in [0.2, 0.25) is 0 Å². The van der Waals surface area contributed by atoms with Crippen LogP contribution in [0.3, 0.4) is 0 Å². The minimum absolute atomic E-state index is 0.130. The highest BCUT2D eigenvalue weighted by atomic mass is 16.4. The molecule has 0 heterocycles. The third kappa shape index (κ3) is 2.34. The highest BCUT2D eigenvalue weighted by Crippen LogP contribution is 2.29. The number of benzene rings is 1. The number of rotatable bonds is 3. The molecule has 0 spiro atoms. The first-order valence-electron chi connectivity index (χ1n) is 5.02. The highest BCUT2D eigenvalue weighted by molar-refractivity contribution is 5.75. The second-order valence-corrected chi connectivity index (χ2v) is 3.43. The number of carboxylic acid groups (broad SMARTS) is 1. The van der Waals surface area contributed by atoms with E-state index in [-0.39, 0.29) is 5.92 Å². The minimum atomic E-state index is -0.671. The van der Waals surface area contributed by atoms with E-state index in [4.69, 9.17) is 5.11 Å². The quantitative estimate of drug-likeness (QED) is 0.811. The Kier molecular flexibility index (Phi) is 3.69. The van der Waals surface area contributed by atoms with Gasteiger partial charge in [-0.15, -0.1) is 0 Å². The molecule has 2 aliphatic rings. The van der Waals surface area contributed by atoms with Gasteiger partial charge < -0.3 is 5.11 Å². The summed E-state index contributed by atoms with van der Waals surface area (Å²) in [7, 11) is 0. The van der Waals surface area contributed by atoms with E-state index in [0.717, 1.165) is 12.8 Å². The maximum Gasteiger partial charge on any atom is 0.306 e. The van der Waals surface area contributed by atoms with Gasteiger partial charge in [0.1, 0.15) is 0 Å². The van der Waals surface area contributed by atoms with Crippen molar-refractivity contribution < 1.29 is 9.90 Å². The summed E-state index contributed by atoms with van der Waals surface area (Å²) in [5, 5.41) is 8.37. The van der Waals surface area contributed by atoms with Crippen LogP contribution >= 0.6 is 0 Å². The summed E-state index contributed by atoms with van der Waals surface area (Å²) < 4.78 is 0. The molecule has 0 saturated heterocycles. The largest absolute Gasteiger partial charge is 0.481 e. The normalized spacial score (nSPS) is 10.5. The van der Waals surface area contributed by atoms with Crippen LogP contribution in [0.25, 0.3) is 11.1 Å². The lowest BCUT2D eigenvalue weighted by Gasteiger charge is -2.10. The number of aliphatic carboxylic acids is 1. The summed E-state index contributed by atoms with van der Waals surface area (Å²) in [6.45, 7) is 3.78. The van der Waals surface area contributed by atoms with Gasteiger partial charge in [-0.2, -0.15) is 0 Å². The van der Waals surface area contributed by atoms with Crippen molar-refractivity contribution in [3.05, 3.63) is 24.3 Å². The van der Waals surface area contributed by atoms with E-state index in [0.29, 0.717) is 0 Å². The number of hydrogen-bond acceptors (Lipinski definition) is 1. The zero-order valence-corrected chi connectivity index (χ0v) is 8.66. The number of carboxylic acids is 1. The van der Waals surface area contributed by atoms with Gasteiger partial charge in [-0.3, -0.25) is 4.79 Å². The predicted octanol–water partition coefficient (Wildman–Crippen LogP) is 3.17. The van der Waals surface area contributed by atoms with Gasteiger partial charge in [0.25, 0.3) is 0 Å². The Hall–Kier alpha value is -1.31. The van der Waals surface area contributed by atoms with Crippen LogP contribution in [0.4, 0.5) is 0 Å². The van der Waals surface area contributed by atoms with E-state index >= 15 is 0 Å². The Labute approximate surface area is 84.6 Å². The molecule has 0 aliphatic heterocycles. The lowest BCUT2D eigenvalue weighted by atomic mass is 9.95. The van der Waals surface area contributed by atoms with E-state index in [2.05, 4.69) is 24.3 Å². The molecule has 0 bridgehead atoms. The topological polar surface area (TPSA) is 37.3 Å². The van der Waals surface area contributed by atoms with Crippen LogP contribution in [0.5, 0.6) is 0 Å². The third-order valence-electron chi connectivity index (χ3n) is 2.55. The maximum absolute atomic E-state index is 10.2. The summed E-state index contributed by atoms with van der Waals surface area (Å²) in [5.41, 5.74) is 2.85. The number of hydrogen-bond donors (Lipinski definition) is 1. The minimum Gasteiger partial charge on any atom is -0.481 e. The van der Waals surface area contributed by atoms with Crippen molar-refractivity contribution in [2.24, 2.45) is 5.92 Å². The molecule has 0 aromatic heterocycles. The van der Waals surface area contributed by atoms with Crippen LogP contribution in [-0.2, 0) is 4.79 Å². The zero-order valence-electron chi connectivity index (χ0n) is 8.66. The average Bonchev–Trinajstić information content (AvgIpc) is 2.14. The molecule has 0 unspecified atom stereocenters. The first-order chi connectivity index (χ1) is 6.69. The Morgan fingerprint density at radius 2 is 1.50 bits per heavy atom. The smallest absolute Gasteiger partial charge is 0.306 e. The lowest BCUT2D eigenvalue weighted by molar-refractivity contribution is -0.141. The average molecular weight is 192 g/mol. The highest BCUT2D eigenvalue weighted by Gasteiger charge is 2.10. The molecule has 2 aliphatic carbocycles. The van der Waals surface area contributed by atoms with E-state index in [1.54, 1.807) is 0 Å². The Bertz CT molecular complexity index is 276. The van der Waals surface area contributed by atoms with Crippen molar-refractivity contribution in [2.75, 3.05) is 0 Å². The molecule has 2 heteroatoms. The van der Waals surface area contributed by atoms with Crippen LogP contribution in [0.15, 0.2) is 24.3 Å². The second-order valence-electron chi connectivity index (χ2n) is 3.43. The fourth-order valence-electron chi connectivity index (χ4n) is 1.30. The van der Waals surface area contributed by atoms with Gasteiger partial charge in [-0.25, -0.2) is 0 Å². The Morgan fingerprint density at radius 3 is 1.50 bits per heavy atom. The van der Waals surface area contributed by atoms with Gasteiger partial charge in [0.05, 0.1) is 5.92 Å². The summed E-state index contributed by atoms with van der Waals surface area (Å²) in [6.07, 6.45) is 1.48. The van der Waals surface area contributed by atoms with Crippen LogP contribution in [-0.4, -0.2) is 11.1 Å². The van der Waals surface area contributed by atoms with Crippen LogP contribution in [0.2, 0.25) is 0 Å². The lowest BCUT2D eigenvalue weighted by Crippen LogP contribution is -2.10. The molecule has 1 N–H and O–H groups in total. The molecule has 0 aromatic rings. The van der Waals surface area contributed by atoms with Gasteiger partial charge in [0.15, 0.2) is 0 Å². The standard InChI is InChI=1S/C6H12O2.C6H4/c1-3-5(4-2)6(7)8;1-2-6-4-3-5(1)6/h5H,3-4H2,1-2H3,(H,7,8);1-4H. The molecule has 0 radical (unpaired) electrons. The van der Waals surface area contributed by atoms with Gasteiger partial charge in [-0.1, -0.05) is 38.1 Å². The van der Waals surface area contributed by atoms with Gasteiger partial charge in [-0.05, 0) is 24.0 Å². The molecule has 0 atom stereocenters. The maximum atomic E-state index is 10.2. The van der Waals surface area contributed by atoms with Gasteiger partial charge >= 0.3 is 5.97 Å². The van der Waals surface area contributed by atoms with E-state index in [9.17, 15) is 4.79 Å². The fraction of sp³-hybridized carbons (Fsp3) is 0.417. The van der Waals surface area contributed by atoms with E-state index < -0.39 is 5.97 Å². The first kappa shape index (κ1) is 10.8. The second kappa shape index (κ2) is 4.80. The van der Waals surface area contributed by atoms with Gasteiger partial charge in [0, 0.05) is 0 Å². The van der Waals surface area contributed by atoms with Crippen molar-refractivity contribution in [3.8, 4) is 11.1 Å². The van der Waals surface area contributed by atoms with Crippen molar-refractivity contribution >= 4 is 5.97 Å². The van der Waals surface area contributed by atoms with Crippen molar-refractivity contribution in [1.29, 1.82) is 0 Å². The monoisotopic (exact) mass is 192 g/mol. The molecule has 0 fully saturated rings. The predicted molar refractivity (Wildman–Crippen MR) is 57.1 cm³/mol. The fourth-order valence-corrected chi connectivity index (χ4v) is 1.30. The summed E-state index contributed by atoms with van der Waals surface area (Å²) in [5.74, 6) is -0.801. The van der Waals surface area contributed by atoms with Crippen molar-refractivity contribution in [1.82, 2.24) is 0 Å². The summed E-state index contributed by atoms with van der Waals surface area (Å²) >= 11 is 0. The third-order valence-corrected chi connectivity index (χ3v) is 2.55. The molecular weight excluding hydrogens is 176 g/mol. The molecule has 0 saturated carbocycles. The SMILES string of the molecule is CCC(CC)C(=O)O.c1cc2ccc1-2. The van der Waals surface area contributed by atoms with Crippen LogP contribution in [0.1, 0.15) is 26.7 Å².